The second kappa shape index (κ2) is 7.16. The van der Waals surface area contributed by atoms with Gasteiger partial charge in [-0.05, 0) is 25.5 Å². The third kappa shape index (κ3) is 3.85. The summed E-state index contributed by atoms with van der Waals surface area (Å²) in [7, 11) is -5.60. The first-order chi connectivity index (χ1) is 10.8. The van der Waals surface area contributed by atoms with Crippen molar-refractivity contribution in [1.82, 2.24) is 8.61 Å². The molecule has 1 aromatic rings. The standard InChI is InChI=1S/C14H22N2O5S2/c1-3-22(17,18)15-9-6-10-16(12-11-15)23(19,20)14-8-5-4-7-13(14)21-2/h4-5,7-8H,3,6,9-12H2,1-2H3. The molecule has 1 saturated heterocycles. The molecule has 9 heteroatoms. The number of para-hydroxylation sites is 1. The van der Waals surface area contributed by atoms with E-state index in [1.165, 1.54) is 21.8 Å². The zero-order valence-corrected chi connectivity index (χ0v) is 14.9. The lowest BCUT2D eigenvalue weighted by molar-refractivity contribution is 0.388. The van der Waals surface area contributed by atoms with Crippen LogP contribution in [0.1, 0.15) is 13.3 Å². The predicted molar refractivity (Wildman–Crippen MR) is 87.4 cm³/mol. The summed E-state index contributed by atoms with van der Waals surface area (Å²) >= 11 is 0. The van der Waals surface area contributed by atoms with Gasteiger partial charge in [0.05, 0.1) is 12.9 Å². The van der Waals surface area contributed by atoms with Crippen molar-refractivity contribution in [3.05, 3.63) is 24.3 Å². The van der Waals surface area contributed by atoms with Gasteiger partial charge in [0.1, 0.15) is 10.6 Å². The monoisotopic (exact) mass is 362 g/mol. The maximum atomic E-state index is 12.8. The molecule has 1 aromatic carbocycles. The van der Waals surface area contributed by atoms with Gasteiger partial charge in [0.25, 0.3) is 0 Å². The normalized spacial score (nSPS) is 18.5. The highest BCUT2D eigenvalue weighted by atomic mass is 32.2. The molecule has 0 unspecified atom stereocenters. The van der Waals surface area contributed by atoms with Gasteiger partial charge in [-0.15, -0.1) is 0 Å². The van der Waals surface area contributed by atoms with Crippen molar-refractivity contribution < 1.29 is 21.6 Å². The average molecular weight is 362 g/mol. The van der Waals surface area contributed by atoms with E-state index in [-0.39, 0.29) is 36.0 Å². The van der Waals surface area contributed by atoms with Crippen molar-refractivity contribution in [3.63, 3.8) is 0 Å². The van der Waals surface area contributed by atoms with Crippen molar-refractivity contribution in [2.75, 3.05) is 39.0 Å². The Labute approximate surface area is 137 Å². The predicted octanol–water partition coefficient (Wildman–Crippen LogP) is 0.741. The van der Waals surface area contributed by atoms with Crippen LogP contribution in [-0.2, 0) is 20.0 Å². The number of hydrogen-bond acceptors (Lipinski definition) is 5. The van der Waals surface area contributed by atoms with E-state index in [0.717, 1.165) is 0 Å². The fourth-order valence-electron chi connectivity index (χ4n) is 2.54. The highest BCUT2D eigenvalue weighted by Crippen LogP contribution is 2.27. The Morgan fingerprint density at radius 2 is 1.61 bits per heavy atom. The van der Waals surface area contributed by atoms with E-state index >= 15 is 0 Å². The molecular weight excluding hydrogens is 340 g/mol. The van der Waals surface area contributed by atoms with Crippen molar-refractivity contribution >= 4 is 20.0 Å². The highest BCUT2D eigenvalue weighted by Gasteiger charge is 2.31. The molecule has 1 aliphatic rings. The van der Waals surface area contributed by atoms with Crippen LogP contribution in [0.2, 0.25) is 0 Å². The van der Waals surface area contributed by atoms with Gasteiger partial charge in [-0.25, -0.2) is 21.1 Å². The summed E-state index contributed by atoms with van der Waals surface area (Å²) in [4.78, 5) is 0.106. The SMILES string of the molecule is CCS(=O)(=O)N1CCCN(S(=O)(=O)c2ccccc2OC)CC1. The lowest BCUT2D eigenvalue weighted by Gasteiger charge is -2.22. The number of sulfonamides is 2. The van der Waals surface area contributed by atoms with Crippen molar-refractivity contribution in [1.29, 1.82) is 0 Å². The molecule has 7 nitrogen and oxygen atoms in total. The molecule has 23 heavy (non-hydrogen) atoms. The van der Waals surface area contributed by atoms with Crippen molar-refractivity contribution in [2.45, 2.75) is 18.2 Å². The van der Waals surface area contributed by atoms with Crippen LogP contribution >= 0.6 is 0 Å². The largest absolute Gasteiger partial charge is 0.495 e. The van der Waals surface area contributed by atoms with Gasteiger partial charge in [-0.3, -0.25) is 0 Å². The first-order valence-electron chi connectivity index (χ1n) is 7.44. The average Bonchev–Trinajstić information content (AvgIpc) is 2.82. The topological polar surface area (TPSA) is 84.0 Å². The molecule has 1 heterocycles. The number of benzene rings is 1. The van der Waals surface area contributed by atoms with Crippen molar-refractivity contribution in [2.24, 2.45) is 0 Å². The molecule has 2 rings (SSSR count). The highest BCUT2D eigenvalue weighted by molar-refractivity contribution is 7.89. The van der Waals surface area contributed by atoms with Crippen LogP contribution in [0, 0.1) is 0 Å². The second-order valence-corrected chi connectivity index (χ2v) is 9.37. The molecule has 0 atom stereocenters. The van der Waals surface area contributed by atoms with Crippen LogP contribution in [-0.4, -0.2) is 64.5 Å². The van der Waals surface area contributed by atoms with E-state index in [2.05, 4.69) is 0 Å². The maximum Gasteiger partial charge on any atom is 0.246 e. The molecule has 0 aliphatic carbocycles. The minimum atomic E-state index is -3.72. The number of methoxy groups -OCH3 is 1. The number of rotatable bonds is 5. The summed E-state index contributed by atoms with van der Waals surface area (Å²) < 4.78 is 57.4. The van der Waals surface area contributed by atoms with Crippen molar-refractivity contribution in [3.8, 4) is 5.75 Å². The van der Waals surface area contributed by atoms with E-state index in [1.807, 2.05) is 0 Å². The van der Waals surface area contributed by atoms with Crippen LogP contribution in [0.5, 0.6) is 5.75 Å². The van der Waals surface area contributed by atoms with Crippen LogP contribution in [0.4, 0.5) is 0 Å². The Balaban J connectivity index is 2.25. The Hall–Kier alpha value is -1.16. The van der Waals surface area contributed by atoms with E-state index in [0.29, 0.717) is 13.0 Å². The molecule has 0 radical (unpaired) electrons. The Bertz CT molecular complexity index is 746. The van der Waals surface area contributed by atoms with Crippen LogP contribution in [0.25, 0.3) is 0 Å². The van der Waals surface area contributed by atoms with Gasteiger partial charge in [-0.2, -0.15) is 4.31 Å². The van der Waals surface area contributed by atoms with Crippen LogP contribution < -0.4 is 4.74 Å². The van der Waals surface area contributed by atoms with Gasteiger partial charge in [0.2, 0.25) is 20.0 Å². The minimum Gasteiger partial charge on any atom is -0.495 e. The molecule has 0 N–H and O–H groups in total. The molecule has 0 spiro atoms. The zero-order chi connectivity index (χ0) is 17.1. The summed E-state index contributed by atoms with van der Waals surface area (Å²) in [6.07, 6.45) is 0.466. The molecule has 0 bridgehead atoms. The van der Waals surface area contributed by atoms with Gasteiger partial charge in [0, 0.05) is 26.2 Å². The number of ether oxygens (including phenoxy) is 1. The van der Waals surface area contributed by atoms with Gasteiger partial charge < -0.3 is 4.74 Å². The van der Waals surface area contributed by atoms with E-state index in [1.54, 1.807) is 25.1 Å². The molecule has 1 aliphatic heterocycles. The lowest BCUT2D eigenvalue weighted by atomic mass is 10.3. The summed E-state index contributed by atoms with van der Waals surface area (Å²) in [5.41, 5.74) is 0. The minimum absolute atomic E-state index is 0.0201. The third-order valence-corrected chi connectivity index (χ3v) is 7.68. The quantitative estimate of drug-likeness (QED) is 0.771. The summed E-state index contributed by atoms with van der Waals surface area (Å²) in [5.74, 6) is 0.307. The van der Waals surface area contributed by atoms with E-state index < -0.39 is 20.0 Å². The second-order valence-electron chi connectivity index (χ2n) is 5.21. The molecule has 130 valence electrons. The van der Waals surface area contributed by atoms with Gasteiger partial charge in [-0.1, -0.05) is 12.1 Å². The van der Waals surface area contributed by atoms with Gasteiger partial charge >= 0.3 is 0 Å². The summed E-state index contributed by atoms with van der Waals surface area (Å²) in [6.45, 7) is 2.53. The lowest BCUT2D eigenvalue weighted by Crippen LogP contribution is -2.38. The number of hydrogen-bond donors (Lipinski definition) is 0. The zero-order valence-electron chi connectivity index (χ0n) is 13.3. The van der Waals surface area contributed by atoms with Crippen LogP contribution in [0.3, 0.4) is 0 Å². The van der Waals surface area contributed by atoms with E-state index in [4.69, 9.17) is 4.74 Å². The fraction of sp³-hybridized carbons (Fsp3) is 0.571. The smallest absolute Gasteiger partial charge is 0.246 e. The van der Waals surface area contributed by atoms with E-state index in [9.17, 15) is 16.8 Å². The Kier molecular flexibility index (Phi) is 5.66. The molecule has 0 aromatic heterocycles. The summed E-state index contributed by atoms with van der Waals surface area (Å²) in [5, 5.41) is 0. The van der Waals surface area contributed by atoms with Crippen LogP contribution in [0.15, 0.2) is 29.2 Å². The summed E-state index contributed by atoms with van der Waals surface area (Å²) in [6, 6.07) is 6.44. The molecule has 0 saturated carbocycles. The Morgan fingerprint density at radius 3 is 2.26 bits per heavy atom. The first kappa shape index (κ1) is 18.2. The fourth-order valence-corrected chi connectivity index (χ4v) is 5.30. The molecule has 0 amide bonds. The number of nitrogens with zero attached hydrogens (tertiary/aromatic N) is 2. The third-order valence-electron chi connectivity index (χ3n) is 3.86. The maximum absolute atomic E-state index is 12.8. The first-order valence-corrected chi connectivity index (χ1v) is 10.5. The Morgan fingerprint density at radius 1 is 1.00 bits per heavy atom. The van der Waals surface area contributed by atoms with Gasteiger partial charge in [0.15, 0.2) is 0 Å². The molecule has 1 fully saturated rings. The molecular formula is C14H22N2O5S2.